The Labute approximate surface area is 117 Å². The van der Waals surface area contributed by atoms with Crippen LogP contribution in [0.15, 0.2) is 30.6 Å². The van der Waals surface area contributed by atoms with Gasteiger partial charge in [0.25, 0.3) is 0 Å². The summed E-state index contributed by atoms with van der Waals surface area (Å²) in [7, 11) is 0. The smallest absolute Gasteiger partial charge is 0.147 e. The van der Waals surface area contributed by atoms with Crippen LogP contribution in [0.4, 0.5) is 4.39 Å². The highest BCUT2D eigenvalue weighted by molar-refractivity contribution is 5.17. The lowest BCUT2D eigenvalue weighted by atomic mass is 10.2. The quantitative estimate of drug-likeness (QED) is 0.899. The topological polar surface area (TPSA) is 46.0 Å². The maximum atomic E-state index is 13.7. The van der Waals surface area contributed by atoms with Crippen molar-refractivity contribution in [1.82, 2.24) is 25.0 Å². The molecule has 1 aliphatic heterocycles. The number of nitrogens with one attached hydrogen (secondary N) is 1. The second-order valence-electron chi connectivity index (χ2n) is 4.99. The number of halogens is 1. The number of nitrogens with zero attached hydrogens (tertiary/aromatic N) is 4. The van der Waals surface area contributed by atoms with Crippen molar-refractivity contribution >= 4 is 0 Å². The molecule has 0 spiro atoms. The minimum atomic E-state index is -0.186. The molecule has 0 radical (unpaired) electrons. The van der Waals surface area contributed by atoms with Crippen molar-refractivity contribution in [3.05, 3.63) is 47.8 Å². The molecular formula is C14H18FN5. The van der Waals surface area contributed by atoms with E-state index in [1.54, 1.807) is 18.5 Å². The SMILES string of the molecule is Fc1ccccc1Cn1cnnc1CN1CCNCC1. The zero-order valence-electron chi connectivity index (χ0n) is 11.3. The van der Waals surface area contributed by atoms with Gasteiger partial charge in [0.15, 0.2) is 0 Å². The first-order chi connectivity index (χ1) is 9.83. The van der Waals surface area contributed by atoms with Crippen LogP contribution < -0.4 is 5.32 Å². The van der Waals surface area contributed by atoms with Crippen LogP contribution in [0.1, 0.15) is 11.4 Å². The Bertz CT molecular complexity index is 562. The van der Waals surface area contributed by atoms with Gasteiger partial charge in [-0.3, -0.25) is 4.90 Å². The number of rotatable bonds is 4. The lowest BCUT2D eigenvalue weighted by Crippen LogP contribution is -2.43. The Kier molecular flexibility index (Phi) is 4.03. The second-order valence-corrected chi connectivity index (χ2v) is 4.99. The Hall–Kier alpha value is -1.79. The molecular weight excluding hydrogens is 257 g/mol. The normalized spacial score (nSPS) is 16.4. The molecule has 1 aromatic carbocycles. The molecule has 0 unspecified atom stereocenters. The molecule has 5 nitrogen and oxygen atoms in total. The molecule has 1 saturated heterocycles. The zero-order chi connectivity index (χ0) is 13.8. The van der Waals surface area contributed by atoms with Crippen LogP contribution in [0.25, 0.3) is 0 Å². The minimum Gasteiger partial charge on any atom is -0.314 e. The molecule has 0 bridgehead atoms. The van der Waals surface area contributed by atoms with E-state index < -0.39 is 0 Å². The van der Waals surface area contributed by atoms with Gasteiger partial charge in [-0.05, 0) is 6.07 Å². The third-order valence-corrected chi connectivity index (χ3v) is 3.57. The third kappa shape index (κ3) is 3.02. The van der Waals surface area contributed by atoms with Crippen molar-refractivity contribution in [2.24, 2.45) is 0 Å². The van der Waals surface area contributed by atoms with Crippen molar-refractivity contribution in [3.63, 3.8) is 0 Å². The number of aromatic nitrogens is 3. The summed E-state index contributed by atoms with van der Waals surface area (Å²) in [6, 6.07) is 6.82. The number of benzene rings is 1. The molecule has 20 heavy (non-hydrogen) atoms. The van der Waals surface area contributed by atoms with E-state index >= 15 is 0 Å². The van der Waals surface area contributed by atoms with Crippen molar-refractivity contribution in [1.29, 1.82) is 0 Å². The van der Waals surface area contributed by atoms with E-state index in [9.17, 15) is 4.39 Å². The van der Waals surface area contributed by atoms with Gasteiger partial charge in [-0.15, -0.1) is 10.2 Å². The van der Waals surface area contributed by atoms with Crippen LogP contribution in [0.3, 0.4) is 0 Å². The number of hydrogen-bond donors (Lipinski definition) is 1. The molecule has 0 saturated carbocycles. The van der Waals surface area contributed by atoms with Gasteiger partial charge in [-0.2, -0.15) is 0 Å². The number of hydrogen-bond acceptors (Lipinski definition) is 4. The molecule has 1 aliphatic rings. The van der Waals surface area contributed by atoms with Gasteiger partial charge in [0.2, 0.25) is 0 Å². The molecule has 3 rings (SSSR count). The van der Waals surface area contributed by atoms with E-state index in [4.69, 9.17) is 0 Å². The van der Waals surface area contributed by atoms with E-state index in [1.807, 2.05) is 10.6 Å². The van der Waals surface area contributed by atoms with Gasteiger partial charge >= 0.3 is 0 Å². The van der Waals surface area contributed by atoms with Gasteiger partial charge in [0.1, 0.15) is 18.0 Å². The van der Waals surface area contributed by atoms with Gasteiger partial charge in [0, 0.05) is 31.7 Å². The van der Waals surface area contributed by atoms with Crippen LogP contribution in [-0.4, -0.2) is 45.8 Å². The van der Waals surface area contributed by atoms with E-state index in [-0.39, 0.29) is 5.82 Å². The highest BCUT2D eigenvalue weighted by Crippen LogP contribution is 2.10. The molecule has 6 heteroatoms. The summed E-state index contributed by atoms with van der Waals surface area (Å²) < 4.78 is 15.6. The van der Waals surface area contributed by atoms with E-state index in [0.29, 0.717) is 12.1 Å². The maximum Gasteiger partial charge on any atom is 0.147 e. The molecule has 2 heterocycles. The summed E-state index contributed by atoms with van der Waals surface area (Å²) in [6.45, 7) is 5.25. The van der Waals surface area contributed by atoms with Crippen LogP contribution in [0.2, 0.25) is 0 Å². The van der Waals surface area contributed by atoms with E-state index in [0.717, 1.165) is 38.5 Å². The highest BCUT2D eigenvalue weighted by Gasteiger charge is 2.14. The van der Waals surface area contributed by atoms with Crippen LogP contribution in [0.5, 0.6) is 0 Å². The average molecular weight is 275 g/mol. The zero-order valence-corrected chi connectivity index (χ0v) is 11.3. The minimum absolute atomic E-state index is 0.186. The first-order valence-corrected chi connectivity index (χ1v) is 6.86. The largest absolute Gasteiger partial charge is 0.314 e. The summed E-state index contributed by atoms with van der Waals surface area (Å²) in [6.07, 6.45) is 1.67. The molecule has 0 atom stereocenters. The van der Waals surface area contributed by atoms with Crippen molar-refractivity contribution < 1.29 is 4.39 Å². The Morgan fingerprint density at radius 3 is 2.75 bits per heavy atom. The van der Waals surface area contributed by atoms with E-state index in [2.05, 4.69) is 20.4 Å². The summed E-state index contributed by atoms with van der Waals surface area (Å²) >= 11 is 0. The highest BCUT2D eigenvalue weighted by atomic mass is 19.1. The Morgan fingerprint density at radius 1 is 1.15 bits per heavy atom. The second kappa shape index (κ2) is 6.11. The average Bonchev–Trinajstić information content (AvgIpc) is 2.90. The fourth-order valence-electron chi connectivity index (χ4n) is 2.41. The van der Waals surface area contributed by atoms with Crippen molar-refractivity contribution in [2.45, 2.75) is 13.1 Å². The molecule has 2 aromatic rings. The molecule has 0 aliphatic carbocycles. The van der Waals surface area contributed by atoms with Crippen LogP contribution in [0, 0.1) is 5.82 Å². The first-order valence-electron chi connectivity index (χ1n) is 6.86. The summed E-state index contributed by atoms with van der Waals surface area (Å²) in [5, 5.41) is 11.4. The first kappa shape index (κ1) is 13.2. The molecule has 1 fully saturated rings. The Balaban J connectivity index is 1.71. The van der Waals surface area contributed by atoms with Gasteiger partial charge in [-0.25, -0.2) is 4.39 Å². The third-order valence-electron chi connectivity index (χ3n) is 3.57. The molecule has 1 aromatic heterocycles. The van der Waals surface area contributed by atoms with Crippen LogP contribution in [-0.2, 0) is 13.1 Å². The fraction of sp³-hybridized carbons (Fsp3) is 0.429. The fourth-order valence-corrected chi connectivity index (χ4v) is 2.41. The lowest BCUT2D eigenvalue weighted by molar-refractivity contribution is 0.225. The van der Waals surface area contributed by atoms with Crippen molar-refractivity contribution in [2.75, 3.05) is 26.2 Å². The molecule has 0 amide bonds. The summed E-state index contributed by atoms with van der Waals surface area (Å²) in [4.78, 5) is 2.33. The van der Waals surface area contributed by atoms with Crippen molar-refractivity contribution in [3.8, 4) is 0 Å². The Morgan fingerprint density at radius 2 is 1.95 bits per heavy atom. The monoisotopic (exact) mass is 275 g/mol. The van der Waals surface area contributed by atoms with Crippen LogP contribution >= 0.6 is 0 Å². The predicted octanol–water partition coefficient (Wildman–Crippen LogP) is 0.871. The summed E-state index contributed by atoms with van der Waals surface area (Å²) in [5.41, 5.74) is 0.661. The number of piperazine rings is 1. The van der Waals surface area contributed by atoms with E-state index in [1.165, 1.54) is 6.07 Å². The van der Waals surface area contributed by atoms with Gasteiger partial charge < -0.3 is 9.88 Å². The van der Waals surface area contributed by atoms with Gasteiger partial charge in [0.05, 0.1) is 13.1 Å². The lowest BCUT2D eigenvalue weighted by Gasteiger charge is -2.26. The maximum absolute atomic E-state index is 13.7. The predicted molar refractivity (Wildman–Crippen MR) is 73.7 cm³/mol. The standard InChI is InChI=1S/C14H18FN5/c15-13-4-2-1-3-12(13)9-20-11-17-18-14(20)10-19-7-5-16-6-8-19/h1-4,11,16H,5-10H2. The molecule has 106 valence electrons. The molecule has 1 N–H and O–H groups in total. The van der Waals surface area contributed by atoms with Gasteiger partial charge in [-0.1, -0.05) is 18.2 Å². The summed E-state index contributed by atoms with van der Waals surface area (Å²) in [5.74, 6) is 0.699.